The molecule has 5 rings (SSSR count). The number of halogens is 1. The maximum atomic E-state index is 15.5. The van der Waals surface area contributed by atoms with Gasteiger partial charge >= 0.3 is 5.97 Å². The van der Waals surface area contributed by atoms with Crippen molar-refractivity contribution in [3.05, 3.63) is 59.6 Å². The third-order valence-corrected chi connectivity index (χ3v) is 9.10. The minimum atomic E-state index is -1.46. The van der Waals surface area contributed by atoms with E-state index in [9.17, 15) is 14.4 Å². The predicted molar refractivity (Wildman–Crippen MR) is 122 cm³/mol. The molecular formula is C26H27FO5S. The number of allylic oxidation sites excluding steroid dienone is 6. The zero-order valence-corrected chi connectivity index (χ0v) is 19.7. The van der Waals surface area contributed by atoms with Crippen molar-refractivity contribution < 1.29 is 27.9 Å². The quantitative estimate of drug-likeness (QED) is 0.380. The lowest BCUT2D eigenvalue weighted by molar-refractivity contribution is -0.151. The summed E-state index contributed by atoms with van der Waals surface area (Å²) in [5.41, 5.74) is -1.29. The Morgan fingerprint density at radius 2 is 2.00 bits per heavy atom. The number of esters is 1. The molecule has 1 aromatic heterocycles. The van der Waals surface area contributed by atoms with Crippen LogP contribution in [0.3, 0.4) is 0 Å². The van der Waals surface area contributed by atoms with Gasteiger partial charge in [-0.15, -0.1) is 12.6 Å². The van der Waals surface area contributed by atoms with Gasteiger partial charge in [-0.05, 0) is 67.9 Å². The third-order valence-electron chi connectivity index (χ3n) is 8.77. The highest BCUT2D eigenvalue weighted by Crippen LogP contribution is 2.67. The summed E-state index contributed by atoms with van der Waals surface area (Å²) in [5.74, 6) is -1.41. The Morgan fingerprint density at radius 1 is 1.24 bits per heavy atom. The van der Waals surface area contributed by atoms with Gasteiger partial charge in [0.15, 0.2) is 11.4 Å². The molecule has 7 heteroatoms. The fraction of sp³-hybridized carbons (Fsp3) is 0.500. The highest BCUT2D eigenvalue weighted by molar-refractivity contribution is 7.96. The van der Waals surface area contributed by atoms with E-state index in [2.05, 4.69) is 18.7 Å². The van der Waals surface area contributed by atoms with Crippen LogP contribution in [-0.4, -0.2) is 28.6 Å². The van der Waals surface area contributed by atoms with Crippen LogP contribution in [-0.2, 0) is 14.3 Å². The minimum absolute atomic E-state index is 0.0241. The van der Waals surface area contributed by atoms with Crippen molar-refractivity contribution in [3.8, 4) is 0 Å². The highest BCUT2D eigenvalue weighted by atomic mass is 32.1. The number of ether oxygens (including phenoxy) is 1. The first-order valence-electron chi connectivity index (χ1n) is 11.3. The predicted octanol–water partition coefficient (Wildman–Crippen LogP) is 5.05. The molecule has 7 atom stereocenters. The van der Waals surface area contributed by atoms with E-state index < -0.39 is 33.7 Å². The van der Waals surface area contributed by atoms with E-state index in [1.54, 1.807) is 6.07 Å². The van der Waals surface area contributed by atoms with Crippen molar-refractivity contribution in [2.75, 3.05) is 0 Å². The molecule has 0 saturated heterocycles. The Kier molecular flexibility index (Phi) is 4.95. The summed E-state index contributed by atoms with van der Waals surface area (Å²) < 4.78 is 26.7. The summed E-state index contributed by atoms with van der Waals surface area (Å²) in [6.45, 7) is 5.81. The standard InChI is InChI=1S/C26H27FO5S/c1-14-11-18-16-13-20(27)19-12-15(28)6-8-24(19,2)17(16)7-9-25(18,3)26(14,23(30)33)32-22(29)21-5-4-10-31-21/h4-8,10,12,14,16,18,20H,9,11,13H2,1-3H3,(H,30,33). The molecule has 0 spiro atoms. The van der Waals surface area contributed by atoms with Gasteiger partial charge in [0.1, 0.15) is 6.17 Å². The molecule has 0 radical (unpaired) electrons. The van der Waals surface area contributed by atoms with Crippen LogP contribution in [0.25, 0.3) is 0 Å². The van der Waals surface area contributed by atoms with E-state index in [1.807, 2.05) is 26.8 Å². The van der Waals surface area contributed by atoms with E-state index in [1.165, 1.54) is 24.5 Å². The lowest BCUT2D eigenvalue weighted by Gasteiger charge is -2.54. The highest BCUT2D eigenvalue weighted by Gasteiger charge is 2.70. The number of furan rings is 1. The van der Waals surface area contributed by atoms with Gasteiger partial charge in [0.25, 0.3) is 0 Å². The SMILES string of the molecule is CC1CC2C3CC(F)C4=CC(=O)C=CC4(C)C3=CCC2(C)C1(OC(=O)c1ccco1)C(=O)S. The van der Waals surface area contributed by atoms with E-state index in [4.69, 9.17) is 9.15 Å². The molecule has 5 nitrogen and oxygen atoms in total. The summed E-state index contributed by atoms with van der Waals surface area (Å²) in [5, 5.41) is -0.501. The lowest BCUT2D eigenvalue weighted by Crippen LogP contribution is -2.58. The van der Waals surface area contributed by atoms with Crippen LogP contribution >= 0.6 is 12.6 Å². The van der Waals surface area contributed by atoms with Gasteiger partial charge in [-0.2, -0.15) is 0 Å². The van der Waals surface area contributed by atoms with E-state index in [0.29, 0.717) is 18.4 Å². The number of alkyl halides is 1. The van der Waals surface area contributed by atoms with Gasteiger partial charge in [-0.1, -0.05) is 31.6 Å². The van der Waals surface area contributed by atoms with Gasteiger partial charge in [0.05, 0.1) is 6.26 Å². The molecule has 0 amide bonds. The number of carbonyl (C=O) groups excluding carboxylic acids is 3. The Morgan fingerprint density at radius 3 is 2.67 bits per heavy atom. The first-order chi connectivity index (χ1) is 15.5. The Labute approximate surface area is 197 Å². The number of fused-ring (bicyclic) bond motifs is 5. The number of hydrogen-bond acceptors (Lipinski definition) is 5. The molecule has 33 heavy (non-hydrogen) atoms. The van der Waals surface area contributed by atoms with Crippen LogP contribution in [0.1, 0.15) is 50.6 Å². The second kappa shape index (κ2) is 7.29. The zero-order chi connectivity index (χ0) is 23.8. The van der Waals surface area contributed by atoms with Crippen molar-refractivity contribution in [3.63, 3.8) is 0 Å². The number of carbonyl (C=O) groups is 3. The largest absolute Gasteiger partial charge is 0.457 e. The molecule has 4 aliphatic rings. The van der Waals surface area contributed by atoms with Crippen LogP contribution < -0.4 is 0 Å². The zero-order valence-electron chi connectivity index (χ0n) is 18.8. The topological polar surface area (TPSA) is 73.6 Å². The first-order valence-corrected chi connectivity index (χ1v) is 11.8. The molecule has 7 unspecified atom stereocenters. The Hall–Kier alpha value is -2.41. The monoisotopic (exact) mass is 470 g/mol. The molecule has 2 saturated carbocycles. The smallest absolute Gasteiger partial charge is 0.375 e. The Balaban J connectivity index is 1.59. The van der Waals surface area contributed by atoms with E-state index >= 15 is 4.39 Å². The second-order valence-corrected chi connectivity index (χ2v) is 10.7. The number of ketones is 1. The second-order valence-electron chi connectivity index (χ2n) is 10.3. The van der Waals surface area contributed by atoms with Crippen molar-refractivity contribution in [2.24, 2.45) is 28.6 Å². The van der Waals surface area contributed by atoms with Crippen molar-refractivity contribution in [2.45, 2.75) is 51.8 Å². The fourth-order valence-corrected chi connectivity index (χ4v) is 7.69. The summed E-state index contributed by atoms with van der Waals surface area (Å²) in [7, 11) is 0. The molecule has 2 fully saturated rings. The molecule has 1 heterocycles. The van der Waals surface area contributed by atoms with Crippen LogP contribution in [0.5, 0.6) is 0 Å². The maximum absolute atomic E-state index is 15.5. The van der Waals surface area contributed by atoms with Crippen LogP contribution in [0, 0.1) is 28.6 Å². The average Bonchev–Trinajstić information content (AvgIpc) is 3.36. The molecule has 174 valence electrons. The number of thiol groups is 1. The van der Waals surface area contributed by atoms with Crippen LogP contribution in [0.2, 0.25) is 0 Å². The van der Waals surface area contributed by atoms with Crippen LogP contribution in [0.15, 0.2) is 58.3 Å². The average molecular weight is 471 g/mol. The molecule has 0 bridgehead atoms. The molecule has 1 aromatic rings. The first kappa shape index (κ1) is 22.4. The van der Waals surface area contributed by atoms with Gasteiger partial charge < -0.3 is 9.15 Å². The fourth-order valence-electron chi connectivity index (χ4n) is 7.17. The lowest BCUT2D eigenvalue weighted by atomic mass is 9.51. The van der Waals surface area contributed by atoms with Gasteiger partial charge in [0, 0.05) is 16.7 Å². The Bertz CT molecular complexity index is 1130. The summed E-state index contributed by atoms with van der Waals surface area (Å²) in [6, 6.07) is 3.08. The third kappa shape index (κ3) is 2.87. The summed E-state index contributed by atoms with van der Waals surface area (Å²) >= 11 is 4.22. The van der Waals surface area contributed by atoms with Crippen molar-refractivity contribution in [1.82, 2.24) is 0 Å². The normalized spacial score (nSPS) is 41.4. The van der Waals surface area contributed by atoms with E-state index in [0.717, 1.165) is 5.57 Å². The molecular weight excluding hydrogens is 443 g/mol. The van der Waals surface area contributed by atoms with Gasteiger partial charge in [-0.3, -0.25) is 9.59 Å². The maximum Gasteiger partial charge on any atom is 0.375 e. The molecule has 0 aliphatic heterocycles. The minimum Gasteiger partial charge on any atom is -0.457 e. The number of hydrogen-bond donors (Lipinski definition) is 1. The summed E-state index contributed by atoms with van der Waals surface area (Å²) in [4.78, 5) is 38.0. The van der Waals surface area contributed by atoms with Crippen molar-refractivity contribution in [1.29, 1.82) is 0 Å². The molecule has 4 aliphatic carbocycles. The van der Waals surface area contributed by atoms with Gasteiger partial charge in [-0.25, -0.2) is 9.18 Å². The molecule has 0 aromatic carbocycles. The van der Waals surface area contributed by atoms with Crippen molar-refractivity contribution >= 4 is 29.5 Å². The van der Waals surface area contributed by atoms with Crippen LogP contribution in [0.4, 0.5) is 4.39 Å². The van der Waals surface area contributed by atoms with Gasteiger partial charge in [0.2, 0.25) is 10.9 Å². The number of rotatable bonds is 3. The summed E-state index contributed by atoms with van der Waals surface area (Å²) in [6.07, 6.45) is 8.27. The molecule has 0 N–H and O–H groups in total. The van der Waals surface area contributed by atoms with E-state index in [-0.39, 0.29) is 35.7 Å².